The van der Waals surface area contributed by atoms with Crippen molar-refractivity contribution in [2.24, 2.45) is 0 Å². The summed E-state index contributed by atoms with van der Waals surface area (Å²) in [6.45, 7) is 0. The van der Waals surface area contributed by atoms with Gasteiger partial charge in [-0.2, -0.15) is 0 Å². The lowest BCUT2D eigenvalue weighted by molar-refractivity contribution is 0.102. The van der Waals surface area contributed by atoms with Crippen LogP contribution in [0.15, 0.2) is 77.7 Å². The summed E-state index contributed by atoms with van der Waals surface area (Å²) in [5, 5.41) is 3.36. The van der Waals surface area contributed by atoms with Crippen LogP contribution in [0.5, 0.6) is 5.75 Å². The molecule has 0 aliphatic rings. The standard InChI is InChI=1S/C21H18ClNO2S/c1-25-20-12-11-15(21(24)23-19-10-6-5-9-18(19)22)13-16(20)14-26-17-7-3-2-4-8-17/h2-13H,14H2,1H3,(H,23,24). The number of carbonyl (C=O) groups is 1. The SMILES string of the molecule is COc1ccc(C(=O)Nc2ccccc2Cl)cc1CSc1ccccc1. The first-order valence-electron chi connectivity index (χ1n) is 8.08. The highest BCUT2D eigenvalue weighted by Crippen LogP contribution is 2.29. The van der Waals surface area contributed by atoms with Crippen molar-refractivity contribution >= 4 is 35.0 Å². The van der Waals surface area contributed by atoms with Crippen LogP contribution < -0.4 is 10.1 Å². The van der Waals surface area contributed by atoms with Crippen LogP contribution in [-0.4, -0.2) is 13.0 Å². The molecule has 26 heavy (non-hydrogen) atoms. The summed E-state index contributed by atoms with van der Waals surface area (Å²) >= 11 is 7.81. The van der Waals surface area contributed by atoms with Gasteiger partial charge < -0.3 is 10.1 Å². The molecule has 0 atom stereocenters. The maximum atomic E-state index is 12.6. The van der Waals surface area contributed by atoms with E-state index in [0.717, 1.165) is 11.3 Å². The fourth-order valence-electron chi connectivity index (χ4n) is 2.47. The molecule has 0 saturated heterocycles. The monoisotopic (exact) mass is 383 g/mol. The highest BCUT2D eigenvalue weighted by atomic mass is 35.5. The van der Waals surface area contributed by atoms with Gasteiger partial charge in [-0.25, -0.2) is 0 Å². The van der Waals surface area contributed by atoms with Crippen molar-refractivity contribution in [3.8, 4) is 5.75 Å². The molecular weight excluding hydrogens is 366 g/mol. The first-order valence-corrected chi connectivity index (χ1v) is 9.44. The zero-order valence-electron chi connectivity index (χ0n) is 14.2. The van der Waals surface area contributed by atoms with Gasteiger partial charge in [-0.3, -0.25) is 4.79 Å². The highest BCUT2D eigenvalue weighted by Gasteiger charge is 2.12. The van der Waals surface area contributed by atoms with Crippen LogP contribution >= 0.6 is 23.4 Å². The Morgan fingerprint density at radius 1 is 1.04 bits per heavy atom. The second-order valence-electron chi connectivity index (χ2n) is 5.56. The Bertz CT molecular complexity index is 900. The van der Waals surface area contributed by atoms with E-state index in [4.69, 9.17) is 16.3 Å². The predicted octanol–water partition coefficient (Wildman–Crippen LogP) is 5.89. The van der Waals surface area contributed by atoms with E-state index >= 15 is 0 Å². The first kappa shape index (κ1) is 18.4. The predicted molar refractivity (Wildman–Crippen MR) is 108 cm³/mol. The highest BCUT2D eigenvalue weighted by molar-refractivity contribution is 7.98. The number of rotatable bonds is 6. The summed E-state index contributed by atoms with van der Waals surface area (Å²) in [6.07, 6.45) is 0. The lowest BCUT2D eigenvalue weighted by atomic mass is 10.1. The van der Waals surface area contributed by atoms with Gasteiger partial charge in [-0.15, -0.1) is 11.8 Å². The third-order valence-electron chi connectivity index (χ3n) is 3.80. The molecule has 0 aromatic heterocycles. The van der Waals surface area contributed by atoms with Crippen LogP contribution in [0.25, 0.3) is 0 Å². The third-order valence-corrected chi connectivity index (χ3v) is 5.19. The Morgan fingerprint density at radius 2 is 1.77 bits per heavy atom. The Kier molecular flexibility index (Phi) is 6.21. The number of methoxy groups -OCH3 is 1. The van der Waals surface area contributed by atoms with E-state index in [1.54, 1.807) is 37.1 Å². The molecule has 0 unspecified atom stereocenters. The molecule has 3 aromatic rings. The quantitative estimate of drug-likeness (QED) is 0.539. The number of benzene rings is 3. The minimum atomic E-state index is -0.202. The van der Waals surface area contributed by atoms with E-state index in [9.17, 15) is 4.79 Å². The average Bonchev–Trinajstić information content (AvgIpc) is 2.68. The smallest absolute Gasteiger partial charge is 0.255 e. The number of hydrogen-bond acceptors (Lipinski definition) is 3. The number of carbonyl (C=O) groups excluding carboxylic acids is 1. The van der Waals surface area contributed by atoms with Gasteiger partial charge in [0.15, 0.2) is 0 Å². The van der Waals surface area contributed by atoms with Gasteiger partial charge in [0, 0.05) is 21.8 Å². The van der Waals surface area contributed by atoms with E-state index in [1.807, 2.05) is 42.5 Å². The number of amides is 1. The molecule has 1 amide bonds. The maximum Gasteiger partial charge on any atom is 0.255 e. The van der Waals surface area contributed by atoms with Gasteiger partial charge in [-0.1, -0.05) is 41.9 Å². The van der Waals surface area contributed by atoms with E-state index in [1.165, 1.54) is 4.90 Å². The second-order valence-corrected chi connectivity index (χ2v) is 7.02. The van der Waals surface area contributed by atoms with Gasteiger partial charge in [-0.05, 0) is 42.5 Å². The molecule has 1 N–H and O–H groups in total. The number of halogens is 1. The summed E-state index contributed by atoms with van der Waals surface area (Å²) in [6, 6.07) is 22.7. The lowest BCUT2D eigenvalue weighted by Gasteiger charge is -2.12. The van der Waals surface area contributed by atoms with Crippen LogP contribution in [0.2, 0.25) is 5.02 Å². The molecule has 0 bridgehead atoms. The molecular formula is C21H18ClNO2S. The average molecular weight is 384 g/mol. The summed E-state index contributed by atoms with van der Waals surface area (Å²) in [5.74, 6) is 1.27. The van der Waals surface area contributed by atoms with Crippen molar-refractivity contribution in [3.05, 3.63) is 88.9 Å². The normalized spacial score (nSPS) is 10.4. The van der Waals surface area contributed by atoms with Crippen molar-refractivity contribution in [1.29, 1.82) is 0 Å². The van der Waals surface area contributed by atoms with E-state index < -0.39 is 0 Å². The molecule has 5 heteroatoms. The van der Waals surface area contributed by atoms with Crippen LogP contribution in [0.4, 0.5) is 5.69 Å². The van der Waals surface area contributed by atoms with Crippen molar-refractivity contribution in [1.82, 2.24) is 0 Å². The number of ether oxygens (including phenoxy) is 1. The third kappa shape index (κ3) is 4.59. The lowest BCUT2D eigenvalue weighted by Crippen LogP contribution is -2.12. The Labute approximate surface area is 162 Å². The van der Waals surface area contributed by atoms with Crippen LogP contribution in [0.1, 0.15) is 15.9 Å². The van der Waals surface area contributed by atoms with Crippen molar-refractivity contribution in [2.45, 2.75) is 10.6 Å². The van der Waals surface area contributed by atoms with Crippen molar-refractivity contribution in [3.63, 3.8) is 0 Å². The fourth-order valence-corrected chi connectivity index (χ4v) is 3.55. The van der Waals surface area contributed by atoms with Gasteiger partial charge in [0.1, 0.15) is 5.75 Å². The maximum absolute atomic E-state index is 12.6. The number of hydrogen-bond donors (Lipinski definition) is 1. The van der Waals surface area contributed by atoms with Gasteiger partial charge >= 0.3 is 0 Å². The van der Waals surface area contributed by atoms with Crippen molar-refractivity contribution < 1.29 is 9.53 Å². The number of thioether (sulfide) groups is 1. The van der Waals surface area contributed by atoms with Crippen LogP contribution in [0.3, 0.4) is 0 Å². The van der Waals surface area contributed by atoms with E-state index in [0.29, 0.717) is 22.0 Å². The fraction of sp³-hybridized carbons (Fsp3) is 0.0952. The Hall–Kier alpha value is -2.43. The zero-order valence-corrected chi connectivity index (χ0v) is 15.8. The minimum absolute atomic E-state index is 0.202. The number of para-hydroxylation sites is 1. The zero-order chi connectivity index (χ0) is 18.4. The van der Waals surface area contributed by atoms with Crippen molar-refractivity contribution in [2.75, 3.05) is 12.4 Å². The molecule has 0 aliphatic carbocycles. The molecule has 0 aliphatic heterocycles. The molecule has 0 radical (unpaired) electrons. The molecule has 3 nitrogen and oxygen atoms in total. The Balaban J connectivity index is 1.78. The molecule has 3 rings (SSSR count). The molecule has 3 aromatic carbocycles. The van der Waals surface area contributed by atoms with E-state index in [2.05, 4.69) is 17.4 Å². The topological polar surface area (TPSA) is 38.3 Å². The molecule has 132 valence electrons. The molecule has 0 heterocycles. The number of nitrogens with one attached hydrogen (secondary N) is 1. The van der Waals surface area contributed by atoms with Gasteiger partial charge in [0.25, 0.3) is 5.91 Å². The second kappa shape index (κ2) is 8.79. The molecule has 0 spiro atoms. The summed E-state index contributed by atoms with van der Waals surface area (Å²) in [7, 11) is 1.63. The number of anilines is 1. The molecule has 0 fully saturated rings. The summed E-state index contributed by atoms with van der Waals surface area (Å²) in [5.41, 5.74) is 2.12. The largest absolute Gasteiger partial charge is 0.496 e. The molecule has 0 saturated carbocycles. The van der Waals surface area contributed by atoms with Gasteiger partial charge in [0.05, 0.1) is 17.8 Å². The van der Waals surface area contributed by atoms with Crippen LogP contribution in [-0.2, 0) is 5.75 Å². The summed E-state index contributed by atoms with van der Waals surface area (Å²) in [4.78, 5) is 13.7. The summed E-state index contributed by atoms with van der Waals surface area (Å²) < 4.78 is 5.44. The van der Waals surface area contributed by atoms with Gasteiger partial charge in [0.2, 0.25) is 0 Å². The van der Waals surface area contributed by atoms with E-state index in [-0.39, 0.29) is 5.91 Å². The van der Waals surface area contributed by atoms with Crippen LogP contribution in [0, 0.1) is 0 Å². The first-order chi connectivity index (χ1) is 12.7. The minimum Gasteiger partial charge on any atom is -0.496 e. The Morgan fingerprint density at radius 3 is 2.50 bits per heavy atom.